The lowest BCUT2D eigenvalue weighted by molar-refractivity contribution is 0.161. The maximum absolute atomic E-state index is 12.7. The smallest absolute Gasteiger partial charge is 0.123 e. The van der Waals surface area contributed by atoms with Crippen molar-refractivity contribution in [2.75, 3.05) is 19.8 Å². The summed E-state index contributed by atoms with van der Waals surface area (Å²) >= 11 is 0. The van der Waals surface area contributed by atoms with Crippen LogP contribution in [0.4, 0.5) is 4.39 Å². The maximum Gasteiger partial charge on any atom is 0.123 e. The minimum atomic E-state index is -0.596. The van der Waals surface area contributed by atoms with Gasteiger partial charge in [-0.05, 0) is 24.1 Å². The summed E-state index contributed by atoms with van der Waals surface area (Å²) in [4.78, 5) is 0. The van der Waals surface area contributed by atoms with Gasteiger partial charge < -0.3 is 15.2 Å². The Labute approximate surface area is 94.2 Å². The molecule has 2 rings (SSSR count). The fourth-order valence-corrected chi connectivity index (χ4v) is 1.78. The summed E-state index contributed by atoms with van der Waals surface area (Å²) < 4.78 is 17.9. The molecule has 0 radical (unpaired) electrons. The molecule has 1 aliphatic rings. The number of nitrogens with one attached hydrogen (secondary N) is 1. The van der Waals surface area contributed by atoms with E-state index in [0.717, 1.165) is 18.6 Å². The molecule has 1 fully saturated rings. The summed E-state index contributed by atoms with van der Waals surface area (Å²) in [6.45, 7) is 1.96. The van der Waals surface area contributed by atoms with Crippen LogP contribution in [0.3, 0.4) is 0 Å². The van der Waals surface area contributed by atoms with Gasteiger partial charge in [-0.25, -0.2) is 4.39 Å². The van der Waals surface area contributed by atoms with E-state index in [9.17, 15) is 9.50 Å². The van der Waals surface area contributed by atoms with Crippen LogP contribution >= 0.6 is 0 Å². The number of aliphatic hydroxyl groups excluding tert-OH is 1. The molecule has 0 saturated carbocycles. The van der Waals surface area contributed by atoms with E-state index in [2.05, 4.69) is 5.32 Å². The number of aliphatic hydroxyl groups is 1. The second-order valence-electron chi connectivity index (χ2n) is 4.04. The van der Waals surface area contributed by atoms with Gasteiger partial charge in [0, 0.05) is 19.2 Å². The molecule has 0 amide bonds. The number of benzene rings is 1. The molecule has 0 aromatic heterocycles. The summed E-state index contributed by atoms with van der Waals surface area (Å²) in [6, 6.07) is 6.25. The fourth-order valence-electron chi connectivity index (χ4n) is 1.78. The number of halogens is 1. The van der Waals surface area contributed by atoms with Crippen LogP contribution in [0.2, 0.25) is 0 Å². The Balaban J connectivity index is 1.82. The average Bonchev–Trinajstić information content (AvgIpc) is 2.80. The van der Waals surface area contributed by atoms with Crippen LogP contribution in [-0.2, 0) is 4.74 Å². The summed E-state index contributed by atoms with van der Waals surface area (Å²) in [6.07, 6.45) is 0.386. The van der Waals surface area contributed by atoms with Crippen molar-refractivity contribution < 1.29 is 14.2 Å². The van der Waals surface area contributed by atoms with E-state index in [1.165, 1.54) is 12.1 Å². The first-order chi connectivity index (χ1) is 7.75. The molecule has 3 nitrogen and oxygen atoms in total. The first-order valence-electron chi connectivity index (χ1n) is 5.50. The third-order valence-corrected chi connectivity index (χ3v) is 2.78. The highest BCUT2D eigenvalue weighted by Gasteiger charge is 2.16. The molecule has 1 saturated heterocycles. The third kappa shape index (κ3) is 3.01. The van der Waals surface area contributed by atoms with Crippen LogP contribution in [0.25, 0.3) is 0 Å². The monoisotopic (exact) mass is 225 g/mol. The largest absolute Gasteiger partial charge is 0.387 e. The molecule has 88 valence electrons. The van der Waals surface area contributed by atoms with Gasteiger partial charge in [0.2, 0.25) is 0 Å². The molecule has 2 atom stereocenters. The minimum absolute atomic E-state index is 0.284. The molecule has 0 aliphatic carbocycles. The van der Waals surface area contributed by atoms with Crippen LogP contribution in [0, 0.1) is 5.82 Å². The number of hydrogen-bond donors (Lipinski definition) is 2. The van der Waals surface area contributed by atoms with E-state index in [-0.39, 0.29) is 5.82 Å². The van der Waals surface area contributed by atoms with Gasteiger partial charge in [0.05, 0.1) is 12.7 Å². The van der Waals surface area contributed by atoms with Crippen molar-refractivity contribution in [1.29, 1.82) is 0 Å². The van der Waals surface area contributed by atoms with Crippen LogP contribution in [-0.4, -0.2) is 30.9 Å². The molecule has 2 unspecified atom stereocenters. The van der Waals surface area contributed by atoms with Gasteiger partial charge in [0.25, 0.3) is 0 Å². The van der Waals surface area contributed by atoms with E-state index >= 15 is 0 Å². The average molecular weight is 225 g/mol. The topological polar surface area (TPSA) is 41.5 Å². The van der Waals surface area contributed by atoms with E-state index in [4.69, 9.17) is 4.74 Å². The molecule has 16 heavy (non-hydrogen) atoms. The van der Waals surface area contributed by atoms with Crippen LogP contribution in [0.5, 0.6) is 0 Å². The Morgan fingerprint density at radius 3 is 2.81 bits per heavy atom. The molecule has 1 heterocycles. The summed E-state index contributed by atoms with van der Waals surface area (Å²) in [5.41, 5.74) is 0.729. The molecule has 1 aromatic carbocycles. The lowest BCUT2D eigenvalue weighted by Gasteiger charge is -2.15. The highest BCUT2D eigenvalue weighted by molar-refractivity contribution is 5.18. The van der Waals surface area contributed by atoms with E-state index in [1.807, 2.05) is 0 Å². The van der Waals surface area contributed by atoms with Crippen molar-refractivity contribution in [2.24, 2.45) is 0 Å². The zero-order chi connectivity index (χ0) is 11.4. The standard InChI is InChI=1S/C12H16FNO2/c13-10-3-1-9(2-4-10)12(15)7-14-11-5-6-16-8-11/h1-4,11-12,14-15H,5-8H2. The van der Waals surface area contributed by atoms with E-state index in [0.29, 0.717) is 19.2 Å². The van der Waals surface area contributed by atoms with Gasteiger partial charge in [0.15, 0.2) is 0 Å². The van der Waals surface area contributed by atoms with Gasteiger partial charge in [-0.3, -0.25) is 0 Å². The van der Waals surface area contributed by atoms with Crippen molar-refractivity contribution in [1.82, 2.24) is 5.32 Å². The van der Waals surface area contributed by atoms with Gasteiger partial charge >= 0.3 is 0 Å². The van der Waals surface area contributed by atoms with Crippen LogP contribution < -0.4 is 5.32 Å². The quantitative estimate of drug-likeness (QED) is 0.810. The number of rotatable bonds is 4. The molecule has 1 aromatic rings. The third-order valence-electron chi connectivity index (χ3n) is 2.78. The molecular weight excluding hydrogens is 209 g/mol. The molecule has 0 spiro atoms. The Bertz CT molecular complexity index is 322. The highest BCUT2D eigenvalue weighted by Crippen LogP contribution is 2.13. The second kappa shape index (κ2) is 5.39. The fraction of sp³-hybridized carbons (Fsp3) is 0.500. The number of ether oxygens (including phenoxy) is 1. The van der Waals surface area contributed by atoms with Gasteiger partial charge in [-0.15, -0.1) is 0 Å². The van der Waals surface area contributed by atoms with Crippen molar-refractivity contribution >= 4 is 0 Å². The highest BCUT2D eigenvalue weighted by atomic mass is 19.1. The first-order valence-corrected chi connectivity index (χ1v) is 5.50. The predicted molar refractivity (Wildman–Crippen MR) is 58.6 cm³/mol. The van der Waals surface area contributed by atoms with E-state index < -0.39 is 6.10 Å². The Morgan fingerprint density at radius 1 is 1.44 bits per heavy atom. The van der Waals surface area contributed by atoms with E-state index in [1.54, 1.807) is 12.1 Å². The minimum Gasteiger partial charge on any atom is -0.387 e. The van der Waals surface area contributed by atoms with Crippen molar-refractivity contribution in [3.05, 3.63) is 35.6 Å². The Morgan fingerprint density at radius 2 is 2.19 bits per heavy atom. The second-order valence-corrected chi connectivity index (χ2v) is 4.04. The summed E-state index contributed by atoms with van der Waals surface area (Å²) in [7, 11) is 0. The molecule has 4 heteroatoms. The zero-order valence-corrected chi connectivity index (χ0v) is 9.03. The Kier molecular flexibility index (Phi) is 3.88. The Hall–Kier alpha value is -0.970. The zero-order valence-electron chi connectivity index (χ0n) is 9.03. The van der Waals surface area contributed by atoms with Gasteiger partial charge in [0.1, 0.15) is 5.82 Å². The van der Waals surface area contributed by atoms with Crippen LogP contribution in [0.15, 0.2) is 24.3 Å². The van der Waals surface area contributed by atoms with Gasteiger partial charge in [-0.2, -0.15) is 0 Å². The molecular formula is C12H16FNO2. The normalized spacial score (nSPS) is 22.2. The lowest BCUT2D eigenvalue weighted by Crippen LogP contribution is -2.32. The SMILES string of the molecule is OC(CNC1CCOC1)c1ccc(F)cc1. The predicted octanol–water partition coefficient (Wildman–Crippen LogP) is 1.24. The molecule has 0 bridgehead atoms. The van der Waals surface area contributed by atoms with Crippen molar-refractivity contribution in [3.63, 3.8) is 0 Å². The summed E-state index contributed by atoms with van der Waals surface area (Å²) in [5, 5.41) is 13.1. The van der Waals surface area contributed by atoms with Crippen LogP contribution in [0.1, 0.15) is 18.1 Å². The maximum atomic E-state index is 12.7. The number of hydrogen-bond acceptors (Lipinski definition) is 3. The van der Waals surface area contributed by atoms with Crippen molar-refractivity contribution in [2.45, 2.75) is 18.6 Å². The summed E-state index contributed by atoms with van der Waals surface area (Å²) in [5.74, 6) is -0.284. The molecule has 2 N–H and O–H groups in total. The van der Waals surface area contributed by atoms with Crippen molar-refractivity contribution in [3.8, 4) is 0 Å². The first kappa shape index (κ1) is 11.5. The molecule has 1 aliphatic heterocycles. The van der Waals surface area contributed by atoms with Gasteiger partial charge in [-0.1, -0.05) is 12.1 Å². The lowest BCUT2D eigenvalue weighted by atomic mass is 10.1.